The Morgan fingerprint density at radius 2 is 1.96 bits per heavy atom. The van der Waals surface area contributed by atoms with Gasteiger partial charge in [-0.3, -0.25) is 4.99 Å². The third-order valence-electron chi connectivity index (χ3n) is 4.57. The van der Waals surface area contributed by atoms with Gasteiger partial charge in [0.15, 0.2) is 5.96 Å². The van der Waals surface area contributed by atoms with Gasteiger partial charge in [-0.2, -0.15) is 5.10 Å². The molecular formula is C19H27N7O2. The first-order chi connectivity index (χ1) is 13.7. The van der Waals surface area contributed by atoms with E-state index in [4.69, 9.17) is 4.74 Å². The van der Waals surface area contributed by atoms with Gasteiger partial charge >= 0.3 is 6.09 Å². The van der Waals surface area contributed by atoms with Crippen molar-refractivity contribution in [1.82, 2.24) is 29.9 Å². The Morgan fingerprint density at radius 3 is 2.64 bits per heavy atom. The van der Waals surface area contributed by atoms with E-state index in [-0.39, 0.29) is 6.09 Å². The molecule has 0 spiro atoms. The Hall–Kier alpha value is -3.10. The summed E-state index contributed by atoms with van der Waals surface area (Å²) in [5.74, 6) is 0.838. The van der Waals surface area contributed by atoms with Gasteiger partial charge in [0.25, 0.3) is 0 Å². The second kappa shape index (κ2) is 9.72. The van der Waals surface area contributed by atoms with Crippen molar-refractivity contribution < 1.29 is 9.53 Å². The highest BCUT2D eigenvalue weighted by Gasteiger charge is 2.23. The lowest BCUT2D eigenvalue weighted by Gasteiger charge is -2.35. The average molecular weight is 385 g/mol. The number of nitrogens with one attached hydrogen (secondary N) is 1. The predicted molar refractivity (Wildman–Crippen MR) is 106 cm³/mol. The fourth-order valence-electron chi connectivity index (χ4n) is 3.17. The Balaban J connectivity index is 1.51. The minimum absolute atomic E-state index is 0.241. The molecule has 1 amide bonds. The van der Waals surface area contributed by atoms with Crippen LogP contribution >= 0.6 is 0 Å². The number of aliphatic imine (C=N–C) groups is 1. The molecule has 0 atom stereocenters. The molecule has 28 heavy (non-hydrogen) atoms. The molecule has 9 heteroatoms. The fourth-order valence-corrected chi connectivity index (χ4v) is 3.17. The summed E-state index contributed by atoms with van der Waals surface area (Å²) in [7, 11) is 1.78. The molecule has 0 bridgehead atoms. The van der Waals surface area contributed by atoms with Crippen molar-refractivity contribution >= 4 is 12.1 Å². The first kappa shape index (κ1) is 19.7. The van der Waals surface area contributed by atoms with Gasteiger partial charge in [-0.15, -0.1) is 0 Å². The number of benzene rings is 1. The number of hydrogen-bond donors (Lipinski definition) is 1. The minimum atomic E-state index is -0.241. The van der Waals surface area contributed by atoms with Crippen molar-refractivity contribution in [2.75, 3.05) is 39.8 Å². The van der Waals surface area contributed by atoms with Crippen LogP contribution in [0.1, 0.15) is 18.1 Å². The first-order valence-corrected chi connectivity index (χ1v) is 9.47. The molecule has 0 saturated carbocycles. The maximum Gasteiger partial charge on any atom is 0.409 e. The largest absolute Gasteiger partial charge is 0.450 e. The van der Waals surface area contributed by atoms with E-state index in [1.54, 1.807) is 23.0 Å². The second-order valence-electron chi connectivity index (χ2n) is 6.49. The third-order valence-corrected chi connectivity index (χ3v) is 4.57. The summed E-state index contributed by atoms with van der Waals surface area (Å²) in [6.07, 6.45) is 3.01. The highest BCUT2D eigenvalue weighted by Crippen LogP contribution is 2.08. The van der Waals surface area contributed by atoms with Crippen LogP contribution in [0.3, 0.4) is 0 Å². The van der Waals surface area contributed by atoms with Crippen LogP contribution in [0.5, 0.6) is 0 Å². The van der Waals surface area contributed by atoms with Crippen LogP contribution in [0, 0.1) is 0 Å². The number of nitrogens with zero attached hydrogens (tertiary/aromatic N) is 6. The smallest absolute Gasteiger partial charge is 0.409 e. The lowest BCUT2D eigenvalue weighted by atomic mass is 10.1. The molecule has 1 aromatic carbocycles. The standard InChI is InChI=1S/C19H27N7O2/c1-3-28-19(27)25-9-7-24(8-10-25)18(20-2)22-12-16-5-4-6-17(11-16)13-26-15-21-14-23-26/h4-6,11,14-15H,3,7-10,12-13H2,1-2H3,(H,20,22). The molecule has 0 radical (unpaired) electrons. The summed E-state index contributed by atoms with van der Waals surface area (Å²) < 4.78 is 6.87. The topological polar surface area (TPSA) is 87.9 Å². The van der Waals surface area contributed by atoms with Crippen molar-refractivity contribution in [1.29, 1.82) is 0 Å². The average Bonchev–Trinajstić information content (AvgIpc) is 3.22. The van der Waals surface area contributed by atoms with Gasteiger partial charge in [0, 0.05) is 39.8 Å². The number of ether oxygens (including phenoxy) is 1. The van der Waals surface area contributed by atoms with Crippen LogP contribution in [0.2, 0.25) is 0 Å². The van der Waals surface area contributed by atoms with Crippen molar-refractivity contribution in [3.05, 3.63) is 48.0 Å². The molecule has 0 aliphatic carbocycles. The van der Waals surface area contributed by atoms with E-state index in [1.807, 2.05) is 13.0 Å². The van der Waals surface area contributed by atoms with Gasteiger partial charge in [-0.05, 0) is 18.1 Å². The zero-order valence-corrected chi connectivity index (χ0v) is 16.4. The number of aromatic nitrogens is 3. The Bertz CT molecular complexity index is 783. The molecule has 1 saturated heterocycles. The predicted octanol–water partition coefficient (Wildman–Crippen LogP) is 1.18. The van der Waals surface area contributed by atoms with Crippen molar-refractivity contribution in [2.45, 2.75) is 20.0 Å². The molecule has 1 N–H and O–H groups in total. The minimum Gasteiger partial charge on any atom is -0.450 e. The molecule has 1 aliphatic rings. The van der Waals surface area contributed by atoms with Gasteiger partial charge in [0.2, 0.25) is 0 Å². The maximum atomic E-state index is 11.8. The number of piperazine rings is 1. The van der Waals surface area contributed by atoms with Gasteiger partial charge in [0.05, 0.1) is 13.2 Å². The molecule has 150 valence electrons. The summed E-state index contributed by atoms with van der Waals surface area (Å²) in [5.41, 5.74) is 2.34. The number of hydrogen-bond acceptors (Lipinski definition) is 5. The molecule has 2 heterocycles. The Labute approximate surface area is 165 Å². The van der Waals surface area contributed by atoms with Crippen LogP contribution in [0.4, 0.5) is 4.79 Å². The summed E-state index contributed by atoms with van der Waals surface area (Å²) in [4.78, 5) is 24.1. The van der Waals surface area contributed by atoms with Gasteiger partial charge < -0.3 is 19.9 Å². The molecular weight excluding hydrogens is 358 g/mol. The molecule has 9 nitrogen and oxygen atoms in total. The Kier molecular flexibility index (Phi) is 6.83. The highest BCUT2D eigenvalue weighted by atomic mass is 16.6. The molecule has 1 aromatic heterocycles. The van der Waals surface area contributed by atoms with E-state index in [9.17, 15) is 4.79 Å². The zero-order valence-electron chi connectivity index (χ0n) is 16.4. The molecule has 1 fully saturated rings. The number of amides is 1. The Morgan fingerprint density at radius 1 is 1.21 bits per heavy atom. The number of guanidine groups is 1. The van der Waals surface area contributed by atoms with Crippen LogP contribution in [-0.4, -0.2) is 76.5 Å². The van der Waals surface area contributed by atoms with E-state index in [1.165, 1.54) is 17.5 Å². The third kappa shape index (κ3) is 5.21. The fraction of sp³-hybridized carbons (Fsp3) is 0.474. The van der Waals surface area contributed by atoms with Gasteiger partial charge in [-0.25, -0.2) is 14.5 Å². The van der Waals surface area contributed by atoms with Gasteiger partial charge in [0.1, 0.15) is 12.7 Å². The maximum absolute atomic E-state index is 11.8. The van der Waals surface area contributed by atoms with Gasteiger partial charge in [-0.1, -0.05) is 24.3 Å². The normalized spacial score (nSPS) is 14.9. The summed E-state index contributed by atoms with van der Waals surface area (Å²) in [6, 6.07) is 8.36. The molecule has 2 aromatic rings. The molecule has 1 aliphatic heterocycles. The lowest BCUT2D eigenvalue weighted by Crippen LogP contribution is -2.53. The lowest BCUT2D eigenvalue weighted by molar-refractivity contribution is 0.0914. The van der Waals surface area contributed by atoms with E-state index in [2.05, 4.69) is 43.5 Å². The number of carbonyl (C=O) groups excluding carboxylic acids is 1. The van der Waals surface area contributed by atoms with E-state index in [0.29, 0.717) is 32.8 Å². The number of rotatable bonds is 5. The van der Waals surface area contributed by atoms with Crippen molar-refractivity contribution in [3.8, 4) is 0 Å². The van der Waals surface area contributed by atoms with Crippen LogP contribution in [0.15, 0.2) is 41.9 Å². The summed E-state index contributed by atoms with van der Waals surface area (Å²) >= 11 is 0. The van der Waals surface area contributed by atoms with Crippen LogP contribution in [-0.2, 0) is 17.8 Å². The molecule has 3 rings (SSSR count). The summed E-state index contributed by atoms with van der Waals surface area (Å²) in [6.45, 7) is 6.31. The molecule has 0 unspecified atom stereocenters. The monoisotopic (exact) mass is 385 g/mol. The van der Waals surface area contributed by atoms with Crippen molar-refractivity contribution in [2.24, 2.45) is 4.99 Å². The van der Waals surface area contributed by atoms with Crippen molar-refractivity contribution in [3.63, 3.8) is 0 Å². The van der Waals surface area contributed by atoms with Crippen LogP contribution in [0.25, 0.3) is 0 Å². The summed E-state index contributed by atoms with van der Waals surface area (Å²) in [5, 5.41) is 7.56. The van der Waals surface area contributed by atoms with E-state index < -0.39 is 0 Å². The SMILES string of the molecule is CCOC(=O)N1CCN(C(=NC)NCc2cccc(Cn3cncn3)c2)CC1. The first-order valence-electron chi connectivity index (χ1n) is 9.47. The van der Waals surface area contributed by atoms with E-state index in [0.717, 1.165) is 19.0 Å². The van der Waals surface area contributed by atoms with Crippen LogP contribution < -0.4 is 5.32 Å². The number of carbonyl (C=O) groups is 1. The second-order valence-corrected chi connectivity index (χ2v) is 6.49. The van der Waals surface area contributed by atoms with E-state index >= 15 is 0 Å². The zero-order chi connectivity index (χ0) is 19.8. The quantitative estimate of drug-likeness (QED) is 0.614. The highest BCUT2D eigenvalue weighted by molar-refractivity contribution is 5.80.